The van der Waals surface area contributed by atoms with Crippen molar-refractivity contribution in [1.29, 1.82) is 0 Å². The molecule has 2 fully saturated rings. The number of allylic oxidation sites excluding steroid dienone is 1. The number of piperidine rings is 1. The molecule has 44 heavy (non-hydrogen) atoms. The van der Waals surface area contributed by atoms with Gasteiger partial charge in [0.05, 0.1) is 12.2 Å². The Morgan fingerprint density at radius 2 is 1.45 bits per heavy atom. The fraction of sp³-hybridized carbons (Fsp3) is 0.270. The van der Waals surface area contributed by atoms with Gasteiger partial charge in [-0.3, -0.25) is 19.3 Å². The first kappa shape index (κ1) is 29.8. The zero-order chi connectivity index (χ0) is 30.8. The summed E-state index contributed by atoms with van der Waals surface area (Å²) in [7, 11) is 1.82. The molecule has 3 aromatic carbocycles. The van der Waals surface area contributed by atoms with Gasteiger partial charge in [0.25, 0.3) is 0 Å². The molecule has 0 radical (unpaired) electrons. The summed E-state index contributed by atoms with van der Waals surface area (Å²) >= 11 is 5.99. The van der Waals surface area contributed by atoms with E-state index < -0.39 is 5.91 Å². The molecule has 6 rings (SSSR count). The number of Topliss-reactive ketones (excluding diaryl/α,β-unsaturated/α-hetero) is 1. The van der Waals surface area contributed by atoms with Crippen LogP contribution in [0.3, 0.4) is 0 Å². The molecular weight excluding hydrogens is 570 g/mol. The maximum absolute atomic E-state index is 13.6. The van der Waals surface area contributed by atoms with Gasteiger partial charge in [-0.1, -0.05) is 59.6 Å². The Morgan fingerprint density at radius 3 is 2.09 bits per heavy atom. The molecule has 2 atom stereocenters. The van der Waals surface area contributed by atoms with Crippen molar-refractivity contribution >= 4 is 34.6 Å². The molecule has 2 N–H and O–H groups in total. The normalized spacial score (nSPS) is 17.9. The van der Waals surface area contributed by atoms with E-state index in [1.54, 1.807) is 53.2 Å². The molecule has 2 bridgehead atoms. The topological polar surface area (TPSA) is 85.4 Å². The number of benzene rings is 3. The van der Waals surface area contributed by atoms with E-state index in [-0.39, 0.29) is 11.6 Å². The molecule has 2 saturated heterocycles. The summed E-state index contributed by atoms with van der Waals surface area (Å²) in [5, 5.41) is 0.576. The molecule has 224 valence electrons. The average molecular weight is 606 g/mol. The highest BCUT2D eigenvalue weighted by Gasteiger charge is 2.40. The Kier molecular flexibility index (Phi) is 8.65. The number of nitrogens with two attached hydrogens (primary N) is 1. The third-order valence-corrected chi connectivity index (χ3v) is 9.42. The lowest BCUT2D eigenvalue weighted by Gasteiger charge is -2.37. The summed E-state index contributed by atoms with van der Waals surface area (Å²) < 4.78 is 1.77. The molecule has 0 aliphatic carbocycles. The van der Waals surface area contributed by atoms with E-state index in [9.17, 15) is 14.4 Å². The highest BCUT2D eigenvalue weighted by molar-refractivity contribution is 6.30. The zero-order valence-electron chi connectivity index (χ0n) is 24.8. The van der Waals surface area contributed by atoms with Crippen LogP contribution in [0.1, 0.15) is 80.0 Å². The van der Waals surface area contributed by atoms with E-state index in [1.165, 1.54) is 22.3 Å². The maximum Gasteiger partial charge on any atom is 0.248 e. The second-order valence-electron chi connectivity index (χ2n) is 12.0. The third kappa shape index (κ3) is 6.33. The molecular formula is C37H36ClN3O3. The molecule has 3 heterocycles. The van der Waals surface area contributed by atoms with Crippen LogP contribution in [0.2, 0.25) is 5.02 Å². The van der Waals surface area contributed by atoms with Gasteiger partial charge < -0.3 is 10.3 Å². The van der Waals surface area contributed by atoms with Gasteiger partial charge in [-0.05, 0) is 97.7 Å². The van der Waals surface area contributed by atoms with E-state index in [0.29, 0.717) is 46.0 Å². The molecule has 2 aliphatic rings. The second-order valence-corrected chi connectivity index (χ2v) is 12.4. The predicted octanol–water partition coefficient (Wildman–Crippen LogP) is 6.90. The van der Waals surface area contributed by atoms with Crippen LogP contribution in [0.25, 0.3) is 5.57 Å². The van der Waals surface area contributed by atoms with Crippen LogP contribution in [0, 0.1) is 0 Å². The van der Waals surface area contributed by atoms with Crippen LogP contribution in [0.5, 0.6) is 0 Å². The number of amides is 1. The number of hydrogen-bond acceptors (Lipinski definition) is 4. The number of halogens is 1. The number of aromatic nitrogens is 1. The summed E-state index contributed by atoms with van der Waals surface area (Å²) in [5.41, 5.74) is 12.8. The van der Waals surface area contributed by atoms with Crippen LogP contribution in [0.15, 0.2) is 96.7 Å². The first-order chi connectivity index (χ1) is 21.3. The molecule has 0 saturated carbocycles. The zero-order valence-corrected chi connectivity index (χ0v) is 25.6. The Labute approximate surface area is 263 Å². The van der Waals surface area contributed by atoms with Crippen molar-refractivity contribution in [3.63, 3.8) is 0 Å². The van der Waals surface area contributed by atoms with Crippen molar-refractivity contribution in [2.45, 2.75) is 50.6 Å². The van der Waals surface area contributed by atoms with E-state index >= 15 is 0 Å². The van der Waals surface area contributed by atoms with Crippen molar-refractivity contribution in [3.8, 4) is 0 Å². The Balaban J connectivity index is 1.18. The van der Waals surface area contributed by atoms with Crippen molar-refractivity contribution in [2.24, 2.45) is 12.8 Å². The van der Waals surface area contributed by atoms with Crippen LogP contribution < -0.4 is 5.73 Å². The Morgan fingerprint density at radius 1 is 0.818 bits per heavy atom. The minimum atomic E-state index is -0.414. The highest BCUT2D eigenvalue weighted by Crippen LogP contribution is 2.42. The van der Waals surface area contributed by atoms with E-state index in [0.717, 1.165) is 38.5 Å². The van der Waals surface area contributed by atoms with Crippen LogP contribution in [0.4, 0.5) is 0 Å². The Bertz CT molecular complexity index is 1710. The first-order valence-corrected chi connectivity index (χ1v) is 15.5. The number of carbonyl (C=O) groups is 3. The molecule has 6 nitrogen and oxygen atoms in total. The molecule has 2 unspecified atom stereocenters. The molecule has 7 heteroatoms. The number of nitrogens with zero attached hydrogens (tertiary/aromatic N) is 2. The van der Waals surface area contributed by atoms with E-state index in [2.05, 4.69) is 29.2 Å². The number of fused-ring (bicyclic) bond motifs is 2. The molecule has 1 aromatic heterocycles. The van der Waals surface area contributed by atoms with Crippen molar-refractivity contribution in [1.82, 2.24) is 9.47 Å². The lowest BCUT2D eigenvalue weighted by molar-refractivity contribution is 0.0852. The summed E-state index contributed by atoms with van der Waals surface area (Å²) in [6, 6.07) is 27.3. The van der Waals surface area contributed by atoms with Crippen LogP contribution in [-0.4, -0.2) is 45.6 Å². The monoisotopic (exact) mass is 605 g/mol. The number of rotatable bonds is 10. The minimum absolute atomic E-state index is 0.0367. The van der Waals surface area contributed by atoms with Crippen LogP contribution in [-0.2, 0) is 13.5 Å². The van der Waals surface area contributed by atoms with E-state index in [1.807, 2.05) is 25.2 Å². The average Bonchev–Trinajstić information content (AvgIpc) is 3.52. The second kappa shape index (κ2) is 12.8. The van der Waals surface area contributed by atoms with Crippen molar-refractivity contribution in [3.05, 3.63) is 135 Å². The Hall–Kier alpha value is -4.26. The van der Waals surface area contributed by atoms with Gasteiger partial charge in [-0.2, -0.15) is 0 Å². The van der Waals surface area contributed by atoms with Crippen LogP contribution >= 0.6 is 11.6 Å². The number of aryl methyl sites for hydroxylation is 2. The highest BCUT2D eigenvalue weighted by atomic mass is 35.5. The number of primary amides is 1. The smallest absolute Gasteiger partial charge is 0.248 e. The lowest BCUT2D eigenvalue weighted by Crippen LogP contribution is -2.43. The standard InChI is InChI=1S/C37H36ClN3O3/c1-40-22-29(36(43)26-12-14-30(38)15-13-26)21-34(40)35(42)23-41-31-16-17-32(41)20-28(19-31)33(25-5-3-2-4-6-25)18-9-24-7-10-27(11-8-24)37(39)44/h2-8,10-15,21-22,31-32H,9,16-20,23H2,1H3,(H2,39,44). The fourth-order valence-corrected chi connectivity index (χ4v) is 6.99. The third-order valence-electron chi connectivity index (χ3n) is 9.17. The first-order valence-electron chi connectivity index (χ1n) is 15.2. The number of ketones is 2. The summed E-state index contributed by atoms with van der Waals surface area (Å²) in [4.78, 5) is 40.5. The fourth-order valence-electron chi connectivity index (χ4n) is 6.86. The van der Waals surface area contributed by atoms with Crippen molar-refractivity contribution in [2.75, 3.05) is 6.54 Å². The summed E-state index contributed by atoms with van der Waals surface area (Å²) in [6.07, 6.45) is 7.56. The molecule has 1 amide bonds. The van der Waals surface area contributed by atoms with Gasteiger partial charge >= 0.3 is 0 Å². The quantitative estimate of drug-likeness (QED) is 0.199. The summed E-state index contributed by atoms with van der Waals surface area (Å²) in [5.74, 6) is -0.501. The number of hydrogen-bond donors (Lipinski definition) is 1. The van der Waals surface area contributed by atoms with Gasteiger partial charge in [0.1, 0.15) is 0 Å². The maximum atomic E-state index is 13.6. The van der Waals surface area contributed by atoms with Crippen molar-refractivity contribution < 1.29 is 14.4 Å². The SMILES string of the molecule is Cn1cc(C(=O)c2ccc(Cl)cc2)cc1C(=O)CN1C2CCC1CC(=C(CCc1ccc(C(N)=O)cc1)c1ccccc1)C2. The number of carbonyl (C=O) groups excluding carboxylic acids is 3. The largest absolute Gasteiger partial charge is 0.366 e. The predicted molar refractivity (Wildman–Crippen MR) is 174 cm³/mol. The minimum Gasteiger partial charge on any atom is -0.366 e. The molecule has 0 spiro atoms. The van der Waals surface area contributed by atoms with Gasteiger partial charge in [0.15, 0.2) is 11.6 Å². The summed E-state index contributed by atoms with van der Waals surface area (Å²) in [6.45, 7) is 0.349. The van der Waals surface area contributed by atoms with Gasteiger partial charge in [-0.25, -0.2) is 0 Å². The molecule has 2 aliphatic heterocycles. The lowest BCUT2D eigenvalue weighted by atomic mass is 9.86. The van der Waals surface area contributed by atoms with Gasteiger partial charge in [0, 0.05) is 47.0 Å². The molecule has 4 aromatic rings. The van der Waals surface area contributed by atoms with Gasteiger partial charge in [-0.15, -0.1) is 0 Å². The van der Waals surface area contributed by atoms with E-state index in [4.69, 9.17) is 17.3 Å². The van der Waals surface area contributed by atoms with Gasteiger partial charge in [0.2, 0.25) is 5.91 Å².